The average Bonchev–Trinajstić information content (AvgIpc) is 3.26. The maximum absolute atomic E-state index is 13.2. The van der Waals surface area contributed by atoms with Crippen molar-refractivity contribution in [2.24, 2.45) is 10.2 Å². The van der Waals surface area contributed by atoms with Gasteiger partial charge in [0.1, 0.15) is 6.04 Å². The van der Waals surface area contributed by atoms with Gasteiger partial charge in [0.05, 0.1) is 17.3 Å². The molecule has 140 valence electrons. The summed E-state index contributed by atoms with van der Waals surface area (Å²) >= 11 is 0. The Morgan fingerprint density at radius 3 is 3.00 bits per heavy atom. The number of aromatic nitrogens is 1. The third kappa shape index (κ3) is 3.22. The number of carbonyl (C=O) groups is 2. The van der Waals surface area contributed by atoms with Crippen LogP contribution in [0.25, 0.3) is 0 Å². The highest BCUT2D eigenvalue weighted by Gasteiger charge is 2.35. The Kier molecular flexibility index (Phi) is 4.47. The van der Waals surface area contributed by atoms with E-state index in [9.17, 15) is 9.59 Å². The summed E-state index contributed by atoms with van der Waals surface area (Å²) in [5, 5.41) is 14.1. The number of amides is 3. The molecule has 0 spiro atoms. The number of nitrogens with one attached hydrogen (secondary N) is 2. The quantitative estimate of drug-likeness (QED) is 0.856. The van der Waals surface area contributed by atoms with Crippen LogP contribution in [0.15, 0.2) is 57.3 Å². The molecule has 0 unspecified atom stereocenters. The van der Waals surface area contributed by atoms with Crippen LogP contribution in [0, 0.1) is 0 Å². The maximum Gasteiger partial charge on any atom is 0.319 e. The van der Waals surface area contributed by atoms with Crippen LogP contribution in [0.2, 0.25) is 0 Å². The average molecular weight is 366 g/mol. The Morgan fingerprint density at radius 1 is 1.37 bits per heavy atom. The molecule has 0 fully saturated rings. The van der Waals surface area contributed by atoms with E-state index in [0.717, 1.165) is 30.5 Å². The minimum atomic E-state index is -0.533. The van der Waals surface area contributed by atoms with Crippen LogP contribution in [-0.2, 0) is 4.79 Å². The van der Waals surface area contributed by atoms with Gasteiger partial charge in [-0.15, -0.1) is 0 Å². The first kappa shape index (κ1) is 17.4. The molecule has 3 amide bonds. The van der Waals surface area contributed by atoms with Gasteiger partial charge in [-0.05, 0) is 43.4 Å². The zero-order chi connectivity index (χ0) is 19.0. The normalized spacial score (nSPS) is 24.0. The number of rotatable bonds is 4. The number of pyridine rings is 1. The van der Waals surface area contributed by atoms with Crippen LogP contribution in [0.4, 0.5) is 4.79 Å². The summed E-state index contributed by atoms with van der Waals surface area (Å²) in [6.45, 7) is 2.22. The highest BCUT2D eigenvalue weighted by atomic mass is 16.2. The fourth-order valence-electron chi connectivity index (χ4n) is 3.90. The summed E-state index contributed by atoms with van der Waals surface area (Å²) in [5.74, 6) is -0.142. The van der Waals surface area contributed by atoms with E-state index in [2.05, 4.69) is 25.8 Å². The van der Waals surface area contributed by atoms with Crippen molar-refractivity contribution in [2.45, 2.75) is 38.3 Å². The Balaban J connectivity index is 1.57. The lowest BCUT2D eigenvalue weighted by molar-refractivity contribution is -0.126. The van der Waals surface area contributed by atoms with Crippen molar-refractivity contribution in [2.75, 3.05) is 13.6 Å². The molecule has 3 aliphatic rings. The van der Waals surface area contributed by atoms with Crippen molar-refractivity contribution in [1.29, 1.82) is 0 Å². The number of urea groups is 1. The first-order valence-electron chi connectivity index (χ1n) is 9.11. The van der Waals surface area contributed by atoms with E-state index in [0.29, 0.717) is 17.8 Å². The van der Waals surface area contributed by atoms with Gasteiger partial charge in [-0.3, -0.25) is 9.78 Å². The second-order valence-corrected chi connectivity index (χ2v) is 7.10. The van der Waals surface area contributed by atoms with E-state index in [1.165, 1.54) is 5.57 Å². The minimum Gasteiger partial charge on any atom is -0.339 e. The molecular weight excluding hydrogens is 344 g/mol. The molecule has 2 aliphatic heterocycles. The molecule has 0 saturated heterocycles. The number of carbonyl (C=O) groups excluding carboxylic acids is 2. The number of likely N-dealkylation sites (N-methyl/N-ethyl adjacent to an activating group) is 1. The second kappa shape index (κ2) is 6.94. The van der Waals surface area contributed by atoms with Crippen molar-refractivity contribution in [3.8, 4) is 0 Å². The summed E-state index contributed by atoms with van der Waals surface area (Å²) in [6.07, 6.45) is 6.43. The summed E-state index contributed by atoms with van der Waals surface area (Å²) in [7, 11) is 1.77. The predicted molar refractivity (Wildman–Crippen MR) is 98.5 cm³/mol. The van der Waals surface area contributed by atoms with Gasteiger partial charge in [-0.25, -0.2) is 4.79 Å². The first-order valence-corrected chi connectivity index (χ1v) is 9.11. The molecule has 8 heteroatoms. The van der Waals surface area contributed by atoms with Gasteiger partial charge >= 0.3 is 6.03 Å². The van der Waals surface area contributed by atoms with E-state index >= 15 is 0 Å². The van der Waals surface area contributed by atoms with Gasteiger partial charge in [0, 0.05) is 31.7 Å². The van der Waals surface area contributed by atoms with Crippen LogP contribution in [-0.4, -0.2) is 41.5 Å². The number of allylic oxidation sites excluding steroid dienone is 2. The van der Waals surface area contributed by atoms with E-state index in [1.54, 1.807) is 37.3 Å². The lowest BCUT2D eigenvalue weighted by Crippen LogP contribution is -2.48. The molecule has 3 heterocycles. The third-order valence-electron chi connectivity index (χ3n) is 5.26. The Bertz CT molecular complexity index is 873. The molecule has 4 rings (SSSR count). The van der Waals surface area contributed by atoms with Crippen molar-refractivity contribution in [3.05, 3.63) is 52.6 Å². The van der Waals surface area contributed by atoms with Gasteiger partial charge < -0.3 is 15.5 Å². The summed E-state index contributed by atoms with van der Waals surface area (Å²) < 4.78 is 0. The molecular formula is C19H22N6O2. The van der Waals surface area contributed by atoms with E-state index < -0.39 is 6.04 Å². The molecule has 0 aromatic carbocycles. The molecule has 2 atom stereocenters. The molecule has 1 aliphatic carbocycles. The van der Waals surface area contributed by atoms with Crippen molar-refractivity contribution in [3.63, 3.8) is 0 Å². The lowest BCUT2D eigenvalue weighted by atomic mass is 9.95. The van der Waals surface area contributed by atoms with E-state index in [-0.39, 0.29) is 18.0 Å². The van der Waals surface area contributed by atoms with E-state index in [1.807, 2.05) is 6.07 Å². The van der Waals surface area contributed by atoms with Crippen molar-refractivity contribution >= 4 is 11.9 Å². The van der Waals surface area contributed by atoms with Gasteiger partial charge in [-0.2, -0.15) is 10.2 Å². The molecule has 0 bridgehead atoms. The maximum atomic E-state index is 13.2. The number of hydrogen-bond donors (Lipinski definition) is 2. The molecule has 0 radical (unpaired) electrons. The van der Waals surface area contributed by atoms with E-state index in [4.69, 9.17) is 0 Å². The van der Waals surface area contributed by atoms with Crippen LogP contribution >= 0.6 is 0 Å². The van der Waals surface area contributed by atoms with Crippen LogP contribution in [0.1, 0.15) is 37.8 Å². The van der Waals surface area contributed by atoms with Crippen LogP contribution < -0.4 is 10.6 Å². The number of hydrogen-bond acceptors (Lipinski definition) is 5. The summed E-state index contributed by atoms with van der Waals surface area (Å²) in [5.41, 5.74) is 4.19. The first-order chi connectivity index (χ1) is 13.0. The predicted octanol–water partition coefficient (Wildman–Crippen LogP) is 2.44. The molecule has 1 aromatic rings. The fraction of sp³-hybridized carbons (Fsp3) is 0.421. The van der Waals surface area contributed by atoms with Crippen molar-refractivity contribution in [1.82, 2.24) is 20.5 Å². The van der Waals surface area contributed by atoms with Gasteiger partial charge in [0.2, 0.25) is 0 Å². The summed E-state index contributed by atoms with van der Waals surface area (Å²) in [6, 6.07) is 2.72. The van der Waals surface area contributed by atoms with Gasteiger partial charge in [0.15, 0.2) is 0 Å². The smallest absolute Gasteiger partial charge is 0.319 e. The molecule has 2 N–H and O–H groups in total. The topological polar surface area (TPSA) is 99.1 Å². The molecule has 0 saturated carbocycles. The Labute approximate surface area is 157 Å². The molecule has 8 nitrogen and oxygen atoms in total. The number of azo groups is 1. The molecule has 1 aromatic heterocycles. The lowest BCUT2D eigenvalue weighted by Gasteiger charge is -2.31. The minimum absolute atomic E-state index is 0.0552. The second-order valence-electron chi connectivity index (χ2n) is 7.10. The third-order valence-corrected chi connectivity index (χ3v) is 5.26. The van der Waals surface area contributed by atoms with Crippen LogP contribution in [0.5, 0.6) is 0 Å². The molecule has 27 heavy (non-hydrogen) atoms. The van der Waals surface area contributed by atoms with Crippen LogP contribution in [0.3, 0.4) is 0 Å². The largest absolute Gasteiger partial charge is 0.339 e. The summed E-state index contributed by atoms with van der Waals surface area (Å²) in [4.78, 5) is 31.0. The highest BCUT2D eigenvalue weighted by Crippen LogP contribution is 2.36. The Morgan fingerprint density at radius 2 is 2.22 bits per heavy atom. The Hall–Kier alpha value is -3.03. The van der Waals surface area contributed by atoms with Crippen molar-refractivity contribution < 1.29 is 9.59 Å². The number of nitrogens with zero attached hydrogens (tertiary/aromatic N) is 4. The van der Waals surface area contributed by atoms with Gasteiger partial charge in [0.25, 0.3) is 5.91 Å². The fourth-order valence-corrected chi connectivity index (χ4v) is 3.90. The van der Waals surface area contributed by atoms with Gasteiger partial charge in [-0.1, -0.05) is 6.07 Å². The SMILES string of the molecule is CC1=C(C(=O)N(C)C[C@@H]2N=NC3=C2CCC3)[C@@H](c2cccnc2)NC(=O)N1. The highest BCUT2D eigenvalue weighted by molar-refractivity contribution is 5.98. The zero-order valence-electron chi connectivity index (χ0n) is 15.4. The zero-order valence-corrected chi connectivity index (χ0v) is 15.4. The monoisotopic (exact) mass is 366 g/mol. The standard InChI is InChI=1S/C19H22N6O2/c1-11-16(17(22-19(27)21-11)12-5-4-8-20-9-12)18(26)25(2)10-15-13-6-3-7-14(13)23-24-15/h4-5,8-9,15,17H,3,6-7,10H2,1-2H3,(H2,21,22,27)/t15-,17+/m0/s1.